The third kappa shape index (κ3) is 3.51. The number of benzene rings is 1. The van der Waals surface area contributed by atoms with Crippen LogP contribution in [0.15, 0.2) is 24.3 Å². The van der Waals surface area contributed by atoms with Gasteiger partial charge in [0.05, 0.1) is 24.1 Å². The Morgan fingerprint density at radius 3 is 2.74 bits per heavy atom. The number of nitro groups is 1. The zero-order valence-corrected chi connectivity index (χ0v) is 10.7. The summed E-state index contributed by atoms with van der Waals surface area (Å²) in [5.74, 6) is 0.0315. The molecule has 0 radical (unpaired) electrons. The summed E-state index contributed by atoms with van der Waals surface area (Å²) < 4.78 is 5.38. The number of hydrogen-bond donors (Lipinski definition) is 0. The number of carbonyl (C=O) groups excluding carboxylic acids is 1. The van der Waals surface area contributed by atoms with E-state index < -0.39 is 4.92 Å². The fourth-order valence-corrected chi connectivity index (χ4v) is 2.07. The molecule has 102 valence electrons. The monoisotopic (exact) mass is 264 g/mol. The summed E-state index contributed by atoms with van der Waals surface area (Å²) in [6.07, 6.45) is 0.333. The van der Waals surface area contributed by atoms with E-state index in [0.717, 1.165) is 5.56 Å². The van der Waals surface area contributed by atoms with Gasteiger partial charge in [0.1, 0.15) is 0 Å². The molecule has 0 spiro atoms. The molecular weight excluding hydrogens is 248 g/mol. The standard InChI is InChI=1S/C13H16N2O4/c1-10-9-14(6-7-19-10)13(16)8-11-2-4-12(5-3-11)15(17)18/h2-5,10H,6-9H2,1H3. The van der Waals surface area contributed by atoms with Crippen molar-refractivity contribution in [1.29, 1.82) is 0 Å². The lowest BCUT2D eigenvalue weighted by Crippen LogP contribution is -2.45. The summed E-state index contributed by atoms with van der Waals surface area (Å²) in [6.45, 7) is 3.71. The zero-order chi connectivity index (χ0) is 13.8. The van der Waals surface area contributed by atoms with Crippen LogP contribution < -0.4 is 0 Å². The highest BCUT2D eigenvalue weighted by molar-refractivity contribution is 5.79. The Balaban J connectivity index is 1.96. The van der Waals surface area contributed by atoms with Gasteiger partial charge in [-0.05, 0) is 12.5 Å². The van der Waals surface area contributed by atoms with Gasteiger partial charge in [0.25, 0.3) is 5.69 Å². The Kier molecular flexibility index (Phi) is 4.11. The van der Waals surface area contributed by atoms with Crippen molar-refractivity contribution in [2.45, 2.75) is 19.4 Å². The van der Waals surface area contributed by atoms with E-state index in [2.05, 4.69) is 0 Å². The van der Waals surface area contributed by atoms with E-state index in [0.29, 0.717) is 19.7 Å². The van der Waals surface area contributed by atoms with Crippen LogP contribution in [-0.2, 0) is 16.0 Å². The highest BCUT2D eigenvalue weighted by Gasteiger charge is 2.21. The second-order valence-electron chi connectivity index (χ2n) is 4.62. The van der Waals surface area contributed by atoms with Crippen molar-refractivity contribution in [3.05, 3.63) is 39.9 Å². The predicted octanol–water partition coefficient (Wildman–Crippen LogP) is 1.38. The van der Waals surface area contributed by atoms with Crippen LogP contribution in [0.5, 0.6) is 0 Å². The Morgan fingerprint density at radius 1 is 1.47 bits per heavy atom. The average Bonchev–Trinajstić information content (AvgIpc) is 2.39. The minimum absolute atomic E-state index is 0.0315. The lowest BCUT2D eigenvalue weighted by molar-refractivity contribution is -0.384. The molecule has 1 fully saturated rings. The molecule has 2 rings (SSSR count). The van der Waals surface area contributed by atoms with Gasteiger partial charge in [-0.3, -0.25) is 14.9 Å². The largest absolute Gasteiger partial charge is 0.375 e. The van der Waals surface area contributed by atoms with Crippen molar-refractivity contribution >= 4 is 11.6 Å². The van der Waals surface area contributed by atoms with Crippen LogP contribution >= 0.6 is 0 Å². The van der Waals surface area contributed by atoms with Crippen molar-refractivity contribution in [1.82, 2.24) is 4.90 Å². The maximum Gasteiger partial charge on any atom is 0.269 e. The summed E-state index contributed by atoms with van der Waals surface area (Å²) in [7, 11) is 0. The van der Waals surface area contributed by atoms with Crippen molar-refractivity contribution in [3.63, 3.8) is 0 Å². The molecule has 0 aromatic heterocycles. The van der Waals surface area contributed by atoms with E-state index in [4.69, 9.17) is 4.74 Å². The second kappa shape index (κ2) is 5.79. The summed E-state index contributed by atoms with van der Waals surface area (Å²) in [5.41, 5.74) is 0.825. The number of nitro benzene ring substituents is 1. The summed E-state index contributed by atoms with van der Waals surface area (Å²) in [4.78, 5) is 23.9. The minimum Gasteiger partial charge on any atom is -0.375 e. The van der Waals surface area contributed by atoms with Crippen molar-refractivity contribution < 1.29 is 14.5 Å². The zero-order valence-electron chi connectivity index (χ0n) is 10.7. The third-order valence-electron chi connectivity index (χ3n) is 3.10. The van der Waals surface area contributed by atoms with Gasteiger partial charge in [-0.2, -0.15) is 0 Å². The Labute approximate surface area is 111 Å². The fourth-order valence-electron chi connectivity index (χ4n) is 2.07. The molecule has 19 heavy (non-hydrogen) atoms. The molecule has 1 atom stereocenters. The number of amides is 1. The quantitative estimate of drug-likeness (QED) is 0.610. The van der Waals surface area contributed by atoms with Crippen LogP contribution in [0.3, 0.4) is 0 Å². The molecule has 1 aromatic rings. The molecular formula is C13H16N2O4. The van der Waals surface area contributed by atoms with Crippen LogP contribution in [0.2, 0.25) is 0 Å². The molecule has 1 aliphatic rings. The van der Waals surface area contributed by atoms with E-state index in [1.165, 1.54) is 12.1 Å². The third-order valence-corrected chi connectivity index (χ3v) is 3.10. The van der Waals surface area contributed by atoms with Gasteiger partial charge in [-0.1, -0.05) is 12.1 Å². The van der Waals surface area contributed by atoms with E-state index in [1.807, 2.05) is 6.92 Å². The number of ether oxygens (including phenoxy) is 1. The van der Waals surface area contributed by atoms with E-state index in [9.17, 15) is 14.9 Å². The van der Waals surface area contributed by atoms with E-state index >= 15 is 0 Å². The maximum absolute atomic E-state index is 12.1. The highest BCUT2D eigenvalue weighted by atomic mass is 16.6. The highest BCUT2D eigenvalue weighted by Crippen LogP contribution is 2.14. The number of non-ortho nitro benzene ring substituents is 1. The molecule has 6 heteroatoms. The molecule has 1 saturated heterocycles. The minimum atomic E-state index is -0.449. The Morgan fingerprint density at radius 2 is 2.16 bits per heavy atom. The first-order chi connectivity index (χ1) is 9.06. The number of nitrogens with zero attached hydrogens (tertiary/aromatic N) is 2. The van der Waals surface area contributed by atoms with Gasteiger partial charge in [0, 0.05) is 25.2 Å². The lowest BCUT2D eigenvalue weighted by atomic mass is 10.1. The normalized spacial score (nSPS) is 19.2. The van der Waals surface area contributed by atoms with Gasteiger partial charge >= 0.3 is 0 Å². The molecule has 1 heterocycles. The fraction of sp³-hybridized carbons (Fsp3) is 0.462. The van der Waals surface area contributed by atoms with E-state index in [-0.39, 0.29) is 24.1 Å². The number of rotatable bonds is 3. The number of carbonyl (C=O) groups is 1. The van der Waals surface area contributed by atoms with Crippen LogP contribution in [0.1, 0.15) is 12.5 Å². The van der Waals surface area contributed by atoms with Crippen molar-refractivity contribution in [3.8, 4) is 0 Å². The Bertz CT molecular complexity index is 472. The smallest absolute Gasteiger partial charge is 0.269 e. The molecule has 6 nitrogen and oxygen atoms in total. The topological polar surface area (TPSA) is 72.7 Å². The van der Waals surface area contributed by atoms with Crippen LogP contribution in [-0.4, -0.2) is 41.5 Å². The summed E-state index contributed by atoms with van der Waals surface area (Å²) in [6, 6.07) is 6.09. The van der Waals surface area contributed by atoms with Gasteiger partial charge in [-0.25, -0.2) is 0 Å². The van der Waals surface area contributed by atoms with Gasteiger partial charge in [-0.15, -0.1) is 0 Å². The van der Waals surface area contributed by atoms with Gasteiger partial charge in [0.15, 0.2) is 0 Å². The molecule has 1 aliphatic heterocycles. The first kappa shape index (κ1) is 13.5. The lowest BCUT2D eigenvalue weighted by Gasteiger charge is -2.31. The predicted molar refractivity (Wildman–Crippen MR) is 68.8 cm³/mol. The van der Waals surface area contributed by atoms with Crippen molar-refractivity contribution in [2.24, 2.45) is 0 Å². The van der Waals surface area contributed by atoms with E-state index in [1.54, 1.807) is 17.0 Å². The first-order valence-corrected chi connectivity index (χ1v) is 6.19. The first-order valence-electron chi connectivity index (χ1n) is 6.19. The summed E-state index contributed by atoms with van der Waals surface area (Å²) >= 11 is 0. The molecule has 0 bridgehead atoms. The molecule has 1 unspecified atom stereocenters. The van der Waals surface area contributed by atoms with Crippen LogP contribution in [0, 0.1) is 10.1 Å². The van der Waals surface area contributed by atoms with Crippen LogP contribution in [0.25, 0.3) is 0 Å². The van der Waals surface area contributed by atoms with Gasteiger partial charge in [0.2, 0.25) is 5.91 Å². The molecule has 0 saturated carbocycles. The Hall–Kier alpha value is -1.95. The number of morpholine rings is 1. The molecule has 0 N–H and O–H groups in total. The number of hydrogen-bond acceptors (Lipinski definition) is 4. The van der Waals surface area contributed by atoms with Crippen molar-refractivity contribution in [2.75, 3.05) is 19.7 Å². The second-order valence-corrected chi connectivity index (χ2v) is 4.62. The maximum atomic E-state index is 12.1. The van der Waals surface area contributed by atoms with Crippen LogP contribution in [0.4, 0.5) is 5.69 Å². The SMILES string of the molecule is CC1CN(C(=O)Cc2ccc([N+](=O)[O-])cc2)CCO1. The average molecular weight is 264 g/mol. The molecule has 1 amide bonds. The molecule has 1 aromatic carbocycles. The van der Waals surface area contributed by atoms with Gasteiger partial charge < -0.3 is 9.64 Å². The molecule has 0 aliphatic carbocycles. The summed E-state index contributed by atoms with van der Waals surface area (Å²) in [5, 5.41) is 10.5.